The third-order valence-electron chi connectivity index (χ3n) is 4.00. The zero-order chi connectivity index (χ0) is 15.2. The molecule has 1 amide bonds. The van der Waals surface area contributed by atoms with Gasteiger partial charge in [0.15, 0.2) is 0 Å². The Morgan fingerprint density at radius 2 is 1.95 bits per heavy atom. The van der Waals surface area contributed by atoms with Crippen molar-refractivity contribution in [2.45, 2.75) is 45.6 Å². The number of nitrogens with zero attached hydrogens (tertiary/aromatic N) is 1. The van der Waals surface area contributed by atoms with Gasteiger partial charge in [-0.05, 0) is 56.4 Å². The molecule has 1 heterocycles. The molecule has 5 heteroatoms. The first-order valence-electron chi connectivity index (χ1n) is 7.81. The van der Waals surface area contributed by atoms with Crippen molar-refractivity contribution < 1.29 is 9.53 Å². The van der Waals surface area contributed by atoms with Crippen LogP contribution in [0.5, 0.6) is 5.75 Å². The number of halogens is 1. The summed E-state index contributed by atoms with van der Waals surface area (Å²) in [5.41, 5.74) is 8.11. The van der Waals surface area contributed by atoms with Crippen LogP contribution >= 0.6 is 12.4 Å². The van der Waals surface area contributed by atoms with Gasteiger partial charge in [0.05, 0.1) is 13.0 Å². The Morgan fingerprint density at radius 1 is 1.27 bits per heavy atom. The first-order valence-corrected chi connectivity index (χ1v) is 7.81. The van der Waals surface area contributed by atoms with Crippen molar-refractivity contribution in [2.24, 2.45) is 5.73 Å². The van der Waals surface area contributed by atoms with Gasteiger partial charge in [0.2, 0.25) is 5.91 Å². The number of likely N-dealkylation sites (tertiary alicyclic amines) is 1. The van der Waals surface area contributed by atoms with E-state index in [2.05, 4.69) is 6.07 Å². The third kappa shape index (κ3) is 5.18. The zero-order valence-corrected chi connectivity index (χ0v) is 14.3. The van der Waals surface area contributed by atoms with Crippen LogP contribution in [0.25, 0.3) is 0 Å². The van der Waals surface area contributed by atoms with Crippen molar-refractivity contribution in [3.8, 4) is 5.75 Å². The predicted octanol–water partition coefficient (Wildman–Crippen LogP) is 2.83. The van der Waals surface area contributed by atoms with Crippen LogP contribution in [0.4, 0.5) is 0 Å². The van der Waals surface area contributed by atoms with E-state index in [-0.39, 0.29) is 24.4 Å². The van der Waals surface area contributed by atoms with E-state index in [4.69, 9.17) is 10.5 Å². The van der Waals surface area contributed by atoms with Crippen molar-refractivity contribution in [3.63, 3.8) is 0 Å². The van der Waals surface area contributed by atoms with Crippen molar-refractivity contribution in [1.82, 2.24) is 4.90 Å². The first kappa shape index (κ1) is 18.8. The maximum absolute atomic E-state index is 12.3. The van der Waals surface area contributed by atoms with Gasteiger partial charge >= 0.3 is 0 Å². The Labute approximate surface area is 139 Å². The first-order chi connectivity index (χ1) is 10.1. The van der Waals surface area contributed by atoms with Gasteiger partial charge in [-0.25, -0.2) is 0 Å². The van der Waals surface area contributed by atoms with E-state index in [9.17, 15) is 4.79 Å². The molecular weight excluding hydrogens is 300 g/mol. The molecule has 0 aliphatic carbocycles. The summed E-state index contributed by atoms with van der Waals surface area (Å²) in [4.78, 5) is 14.2. The molecule has 1 aliphatic rings. The largest absolute Gasteiger partial charge is 0.493 e. The lowest BCUT2D eigenvalue weighted by Gasteiger charge is -2.35. The van der Waals surface area contributed by atoms with Crippen molar-refractivity contribution in [1.29, 1.82) is 0 Å². The second-order valence-corrected chi connectivity index (χ2v) is 5.89. The highest BCUT2D eigenvalue weighted by Gasteiger charge is 2.25. The predicted molar refractivity (Wildman–Crippen MR) is 91.7 cm³/mol. The van der Waals surface area contributed by atoms with Gasteiger partial charge in [-0.2, -0.15) is 0 Å². The van der Waals surface area contributed by atoms with Crippen molar-refractivity contribution >= 4 is 18.3 Å². The quantitative estimate of drug-likeness (QED) is 0.905. The Kier molecular flexibility index (Phi) is 7.69. The molecule has 22 heavy (non-hydrogen) atoms. The Bertz CT molecular complexity index is 473. The number of carbonyl (C=O) groups is 1. The molecule has 1 atom stereocenters. The molecule has 1 fully saturated rings. The van der Waals surface area contributed by atoms with Gasteiger partial charge < -0.3 is 15.4 Å². The molecule has 1 unspecified atom stereocenters. The standard InChI is InChI=1S/C17H26N2O2.ClH/c1-13-9-14(2)11-16(10-13)21-8-6-17(20)19-7-4-3-5-15(19)12-18;/h9-11,15H,3-8,12,18H2,1-2H3;1H. The third-order valence-corrected chi connectivity index (χ3v) is 4.00. The van der Waals surface area contributed by atoms with Gasteiger partial charge in [-0.1, -0.05) is 6.07 Å². The fourth-order valence-electron chi connectivity index (χ4n) is 2.99. The summed E-state index contributed by atoms with van der Waals surface area (Å²) in [6.07, 6.45) is 3.70. The molecule has 0 radical (unpaired) electrons. The van der Waals surface area contributed by atoms with Crippen LogP contribution in [0.3, 0.4) is 0 Å². The number of amides is 1. The van der Waals surface area contributed by atoms with E-state index in [0.29, 0.717) is 19.6 Å². The van der Waals surface area contributed by atoms with Gasteiger partial charge in [0.1, 0.15) is 5.75 Å². The number of hydrogen-bond acceptors (Lipinski definition) is 3. The summed E-state index contributed by atoms with van der Waals surface area (Å²) in [6, 6.07) is 6.33. The molecule has 1 aliphatic heterocycles. The second kappa shape index (κ2) is 9.01. The molecule has 0 bridgehead atoms. The minimum absolute atomic E-state index is 0. The molecule has 124 valence electrons. The van der Waals surface area contributed by atoms with Gasteiger partial charge in [-0.3, -0.25) is 4.79 Å². The number of aryl methyl sites for hydroxylation is 2. The molecule has 2 N–H and O–H groups in total. The smallest absolute Gasteiger partial charge is 0.226 e. The summed E-state index contributed by atoms with van der Waals surface area (Å²) in [7, 11) is 0. The maximum Gasteiger partial charge on any atom is 0.226 e. The van der Waals surface area contributed by atoms with E-state index in [0.717, 1.165) is 25.1 Å². The Balaban J connectivity index is 0.00000242. The van der Waals surface area contributed by atoms with E-state index < -0.39 is 0 Å². The molecule has 1 saturated heterocycles. The maximum atomic E-state index is 12.3. The highest BCUT2D eigenvalue weighted by Crippen LogP contribution is 2.18. The van der Waals surface area contributed by atoms with Crippen LogP contribution in [0, 0.1) is 13.8 Å². The van der Waals surface area contributed by atoms with Crippen LogP contribution in [0.2, 0.25) is 0 Å². The normalized spacial score (nSPS) is 17.8. The average molecular weight is 327 g/mol. The number of piperidine rings is 1. The lowest BCUT2D eigenvalue weighted by atomic mass is 10.0. The van der Waals surface area contributed by atoms with Crippen LogP contribution in [0.1, 0.15) is 36.8 Å². The van der Waals surface area contributed by atoms with Crippen LogP contribution in [-0.4, -0.2) is 36.5 Å². The van der Waals surface area contributed by atoms with E-state index in [1.807, 2.05) is 30.9 Å². The molecule has 1 aromatic carbocycles. The highest BCUT2D eigenvalue weighted by atomic mass is 35.5. The summed E-state index contributed by atoms with van der Waals surface area (Å²) in [5.74, 6) is 1.00. The van der Waals surface area contributed by atoms with Crippen LogP contribution in [-0.2, 0) is 4.79 Å². The van der Waals surface area contributed by atoms with E-state index >= 15 is 0 Å². The Morgan fingerprint density at radius 3 is 2.59 bits per heavy atom. The molecular formula is C17H27ClN2O2. The number of benzene rings is 1. The van der Waals surface area contributed by atoms with Crippen LogP contribution < -0.4 is 10.5 Å². The van der Waals surface area contributed by atoms with Crippen LogP contribution in [0.15, 0.2) is 18.2 Å². The lowest BCUT2D eigenvalue weighted by molar-refractivity contribution is -0.135. The SMILES string of the molecule is Cc1cc(C)cc(OCCC(=O)N2CCCCC2CN)c1.Cl. The van der Waals surface area contributed by atoms with Crippen molar-refractivity contribution in [2.75, 3.05) is 19.7 Å². The number of carbonyl (C=O) groups excluding carboxylic acids is 1. The van der Waals surface area contributed by atoms with Gasteiger partial charge in [0, 0.05) is 19.1 Å². The fraction of sp³-hybridized carbons (Fsp3) is 0.588. The summed E-state index contributed by atoms with van der Waals surface area (Å²) >= 11 is 0. The number of ether oxygens (including phenoxy) is 1. The number of hydrogen-bond donors (Lipinski definition) is 1. The second-order valence-electron chi connectivity index (χ2n) is 5.89. The zero-order valence-electron chi connectivity index (χ0n) is 13.5. The molecule has 0 saturated carbocycles. The molecule has 1 aromatic rings. The molecule has 0 spiro atoms. The summed E-state index contributed by atoms with van der Waals surface area (Å²) in [5, 5.41) is 0. The topological polar surface area (TPSA) is 55.6 Å². The van der Waals surface area contributed by atoms with Gasteiger partial charge in [0.25, 0.3) is 0 Å². The highest BCUT2D eigenvalue weighted by molar-refractivity contribution is 5.85. The van der Waals surface area contributed by atoms with E-state index in [1.54, 1.807) is 0 Å². The summed E-state index contributed by atoms with van der Waals surface area (Å²) in [6.45, 7) is 5.92. The minimum Gasteiger partial charge on any atom is -0.493 e. The monoisotopic (exact) mass is 326 g/mol. The average Bonchev–Trinajstić information content (AvgIpc) is 2.46. The molecule has 2 rings (SSSR count). The molecule has 4 nitrogen and oxygen atoms in total. The van der Waals surface area contributed by atoms with E-state index in [1.165, 1.54) is 17.5 Å². The summed E-state index contributed by atoms with van der Waals surface area (Å²) < 4.78 is 5.72. The minimum atomic E-state index is 0. The number of nitrogens with two attached hydrogens (primary N) is 1. The number of rotatable bonds is 5. The molecule has 0 aromatic heterocycles. The lowest BCUT2D eigenvalue weighted by Crippen LogP contribution is -2.47. The van der Waals surface area contributed by atoms with Crippen molar-refractivity contribution in [3.05, 3.63) is 29.3 Å². The van der Waals surface area contributed by atoms with Gasteiger partial charge in [-0.15, -0.1) is 12.4 Å². The Hall–Kier alpha value is -1.26. The fourth-order valence-corrected chi connectivity index (χ4v) is 2.99.